The van der Waals surface area contributed by atoms with Gasteiger partial charge in [0.05, 0.1) is 17.7 Å². The van der Waals surface area contributed by atoms with Gasteiger partial charge in [0.2, 0.25) is 17.7 Å². The molecule has 0 fully saturated rings. The van der Waals surface area contributed by atoms with Crippen LogP contribution in [0.5, 0.6) is 5.75 Å². The minimum Gasteiger partial charge on any atom is -0.494 e. The molecule has 14 heteroatoms. The number of hydrogen-bond acceptors (Lipinski definition) is 9. The van der Waals surface area contributed by atoms with Gasteiger partial charge in [0.25, 0.3) is 0 Å². The van der Waals surface area contributed by atoms with Gasteiger partial charge in [-0.1, -0.05) is 18.2 Å². The Balaban J connectivity index is 1.93. The summed E-state index contributed by atoms with van der Waals surface area (Å²) >= 11 is 0. The van der Waals surface area contributed by atoms with Crippen LogP contribution in [0.3, 0.4) is 0 Å². The smallest absolute Gasteiger partial charge is 0.421 e. The second-order valence-electron chi connectivity index (χ2n) is 6.76. The first-order valence-corrected chi connectivity index (χ1v) is 9.07. The number of alkyl halides is 3. The van der Waals surface area contributed by atoms with E-state index in [9.17, 15) is 32.8 Å². The molecule has 1 heterocycles. The first-order chi connectivity index (χ1) is 15.4. The summed E-state index contributed by atoms with van der Waals surface area (Å²) in [4.78, 5) is 21.7. The molecule has 0 radical (unpaired) electrons. The molecule has 2 aromatic carbocycles. The van der Waals surface area contributed by atoms with Crippen LogP contribution in [0.2, 0.25) is 0 Å². The fraction of sp³-hybridized carbons (Fsp3) is 0.211. The highest BCUT2D eigenvalue weighted by Gasteiger charge is 2.52. The molecule has 1 unspecified atom stereocenters. The number of aromatic nitrogens is 3. The normalized spacial score (nSPS) is 13.2. The minimum atomic E-state index is -4.95. The van der Waals surface area contributed by atoms with Gasteiger partial charge in [-0.3, -0.25) is 10.1 Å². The van der Waals surface area contributed by atoms with Crippen molar-refractivity contribution in [3.8, 4) is 5.75 Å². The Morgan fingerprint density at radius 1 is 1.09 bits per heavy atom. The minimum absolute atomic E-state index is 0.0387. The number of methoxy groups -OCH3 is 1. The maximum atomic E-state index is 13.8. The van der Waals surface area contributed by atoms with Gasteiger partial charge in [-0.15, -0.1) is 0 Å². The van der Waals surface area contributed by atoms with Crippen molar-refractivity contribution in [2.75, 3.05) is 17.7 Å². The Kier molecular flexibility index (Phi) is 6.30. The van der Waals surface area contributed by atoms with E-state index in [0.29, 0.717) is 6.92 Å². The van der Waals surface area contributed by atoms with Crippen molar-refractivity contribution in [2.45, 2.75) is 18.7 Å². The van der Waals surface area contributed by atoms with Crippen molar-refractivity contribution in [1.82, 2.24) is 15.0 Å². The number of para-hydroxylation sites is 1. The second kappa shape index (κ2) is 8.82. The summed E-state index contributed by atoms with van der Waals surface area (Å²) in [5, 5.41) is 26.3. The number of halogens is 4. The second-order valence-corrected chi connectivity index (χ2v) is 6.76. The van der Waals surface area contributed by atoms with Gasteiger partial charge >= 0.3 is 11.9 Å². The topological polar surface area (TPSA) is 135 Å². The molecule has 0 amide bonds. The van der Waals surface area contributed by atoms with Crippen LogP contribution in [0.1, 0.15) is 12.5 Å². The van der Waals surface area contributed by atoms with E-state index in [1.54, 1.807) is 0 Å². The van der Waals surface area contributed by atoms with Crippen molar-refractivity contribution in [3.05, 3.63) is 64.2 Å². The fourth-order valence-electron chi connectivity index (χ4n) is 2.78. The predicted molar refractivity (Wildman–Crippen MR) is 108 cm³/mol. The zero-order valence-electron chi connectivity index (χ0n) is 17.0. The quantitative estimate of drug-likeness (QED) is 0.265. The number of nitrogens with zero attached hydrogens (tertiary/aromatic N) is 4. The van der Waals surface area contributed by atoms with Crippen LogP contribution < -0.4 is 15.4 Å². The number of anilines is 4. The van der Waals surface area contributed by atoms with Gasteiger partial charge in [-0.2, -0.15) is 22.5 Å². The summed E-state index contributed by atoms with van der Waals surface area (Å²) in [5.41, 5.74) is -4.61. The summed E-state index contributed by atoms with van der Waals surface area (Å²) in [7, 11) is 1.22. The van der Waals surface area contributed by atoms with Gasteiger partial charge in [0, 0.05) is 23.4 Å². The number of rotatable bonds is 7. The van der Waals surface area contributed by atoms with Gasteiger partial charge in [0.15, 0.2) is 5.60 Å². The molecule has 0 saturated carbocycles. The summed E-state index contributed by atoms with van der Waals surface area (Å²) in [6, 6.07) is 6.84. The van der Waals surface area contributed by atoms with Gasteiger partial charge < -0.3 is 20.5 Å². The summed E-state index contributed by atoms with van der Waals surface area (Å²) in [5.74, 6) is -1.58. The number of nitro benzene ring substituents is 1. The van der Waals surface area contributed by atoms with Crippen LogP contribution >= 0.6 is 0 Å². The van der Waals surface area contributed by atoms with Crippen molar-refractivity contribution in [1.29, 1.82) is 0 Å². The van der Waals surface area contributed by atoms with Crippen LogP contribution in [-0.4, -0.2) is 38.3 Å². The SMILES string of the molecule is COc1cc(F)c([N+](=O)[O-])cc1Nc1ncnc(Nc2ccccc2C(C)(O)C(F)(F)F)n1. The number of nitrogens with one attached hydrogen (secondary N) is 2. The monoisotopic (exact) mass is 468 g/mol. The first kappa shape index (κ1) is 23.6. The molecule has 0 aliphatic heterocycles. The molecule has 1 atom stereocenters. The van der Waals surface area contributed by atoms with E-state index in [4.69, 9.17) is 4.74 Å². The molecular formula is C19H16F4N6O4. The maximum Gasteiger partial charge on any atom is 0.421 e. The van der Waals surface area contributed by atoms with Gasteiger partial charge in [-0.25, -0.2) is 9.97 Å². The molecule has 3 N–H and O–H groups in total. The maximum absolute atomic E-state index is 13.8. The van der Waals surface area contributed by atoms with Crippen LogP contribution in [0.4, 0.5) is 46.5 Å². The van der Waals surface area contributed by atoms with Crippen molar-refractivity contribution in [3.63, 3.8) is 0 Å². The van der Waals surface area contributed by atoms with E-state index in [1.165, 1.54) is 25.3 Å². The lowest BCUT2D eigenvalue weighted by molar-refractivity contribution is -0.387. The zero-order valence-corrected chi connectivity index (χ0v) is 17.0. The summed E-state index contributed by atoms with van der Waals surface area (Å²) < 4.78 is 58.8. The van der Waals surface area contributed by atoms with E-state index in [1.807, 2.05) is 0 Å². The molecule has 0 spiro atoms. The Hall–Kier alpha value is -4.07. The lowest BCUT2D eigenvalue weighted by Gasteiger charge is -2.28. The highest BCUT2D eigenvalue weighted by Crippen LogP contribution is 2.42. The molecule has 0 saturated heterocycles. The highest BCUT2D eigenvalue weighted by atomic mass is 19.4. The third kappa shape index (κ3) is 4.90. The third-order valence-corrected chi connectivity index (χ3v) is 4.53. The summed E-state index contributed by atoms with van der Waals surface area (Å²) in [6.07, 6.45) is -3.93. The van der Waals surface area contributed by atoms with Crippen molar-refractivity contribution < 1.29 is 32.3 Å². The lowest BCUT2D eigenvalue weighted by atomic mass is 9.93. The molecule has 174 valence electrons. The lowest BCUT2D eigenvalue weighted by Crippen LogP contribution is -2.39. The molecule has 1 aromatic heterocycles. The third-order valence-electron chi connectivity index (χ3n) is 4.53. The Labute approximate surface area is 183 Å². The Morgan fingerprint density at radius 2 is 1.70 bits per heavy atom. The Morgan fingerprint density at radius 3 is 2.27 bits per heavy atom. The molecular weight excluding hydrogens is 452 g/mol. The largest absolute Gasteiger partial charge is 0.494 e. The molecule has 3 rings (SSSR count). The van der Waals surface area contributed by atoms with Crippen LogP contribution in [0, 0.1) is 15.9 Å². The number of hydrogen-bond donors (Lipinski definition) is 3. The molecule has 0 aliphatic rings. The number of aliphatic hydroxyl groups is 1. The molecule has 33 heavy (non-hydrogen) atoms. The molecule has 10 nitrogen and oxygen atoms in total. The molecule has 3 aromatic rings. The predicted octanol–water partition coefficient (Wildman–Crippen LogP) is 4.18. The summed E-state index contributed by atoms with van der Waals surface area (Å²) in [6.45, 7) is 0.613. The van der Waals surface area contributed by atoms with Crippen LogP contribution in [-0.2, 0) is 5.60 Å². The van der Waals surface area contributed by atoms with Gasteiger partial charge in [0.1, 0.15) is 12.1 Å². The number of ether oxygens (including phenoxy) is 1. The molecule has 0 aliphatic carbocycles. The van der Waals surface area contributed by atoms with Crippen LogP contribution in [0.25, 0.3) is 0 Å². The zero-order chi connectivity index (χ0) is 24.4. The molecule has 0 bridgehead atoms. The Bertz CT molecular complexity index is 1190. The van der Waals surface area contributed by atoms with E-state index in [0.717, 1.165) is 24.5 Å². The first-order valence-electron chi connectivity index (χ1n) is 9.07. The highest BCUT2D eigenvalue weighted by molar-refractivity contribution is 5.67. The van der Waals surface area contributed by atoms with Crippen molar-refractivity contribution in [2.24, 2.45) is 0 Å². The standard InChI is InChI=1S/C19H16F4N6O4/c1-18(30,19(21,22)23)10-5-3-4-6-12(10)26-16-24-9-25-17(28-16)27-13-8-14(29(31)32)11(20)7-15(13)33-2/h3-9,30H,1-2H3,(H2,24,25,26,27,28). The fourth-order valence-corrected chi connectivity index (χ4v) is 2.78. The number of nitro groups is 1. The van der Waals surface area contributed by atoms with E-state index >= 15 is 0 Å². The van der Waals surface area contributed by atoms with E-state index in [-0.39, 0.29) is 29.0 Å². The number of benzene rings is 2. The van der Waals surface area contributed by atoms with E-state index < -0.39 is 33.8 Å². The van der Waals surface area contributed by atoms with Crippen molar-refractivity contribution >= 4 is 29.0 Å². The average molecular weight is 468 g/mol. The van der Waals surface area contributed by atoms with Gasteiger partial charge in [-0.05, 0) is 13.0 Å². The average Bonchev–Trinajstić information content (AvgIpc) is 2.74. The van der Waals surface area contributed by atoms with Crippen LogP contribution in [0.15, 0.2) is 42.7 Å². The van der Waals surface area contributed by atoms with E-state index in [2.05, 4.69) is 25.6 Å².